The summed E-state index contributed by atoms with van der Waals surface area (Å²) in [5, 5.41) is 2.42. The molecule has 5 nitrogen and oxygen atoms in total. The van der Waals surface area contributed by atoms with Crippen LogP contribution in [0.5, 0.6) is 5.75 Å². The highest BCUT2D eigenvalue weighted by Gasteiger charge is 2.33. The lowest BCUT2D eigenvalue weighted by atomic mass is 10.2. The predicted octanol–water partition coefficient (Wildman–Crippen LogP) is 4.94. The minimum Gasteiger partial charge on any atom is -0.496 e. The van der Waals surface area contributed by atoms with Gasteiger partial charge >= 0.3 is 6.18 Å². The minimum absolute atomic E-state index is 0.0126. The average Bonchev–Trinajstić information content (AvgIpc) is 2.99. The third-order valence-corrected chi connectivity index (χ3v) is 5.71. The molecule has 0 unspecified atom stereocenters. The fraction of sp³-hybridized carbons (Fsp3) is 0.190. The molecule has 31 heavy (non-hydrogen) atoms. The molecule has 0 radical (unpaired) electrons. The Labute approximate surface area is 186 Å². The van der Waals surface area contributed by atoms with Crippen molar-refractivity contribution in [3.8, 4) is 5.75 Å². The third-order valence-electron chi connectivity index (χ3n) is 4.34. The van der Waals surface area contributed by atoms with Crippen LogP contribution in [-0.4, -0.2) is 34.7 Å². The molecule has 162 valence electrons. The number of ether oxygens (including phenoxy) is 1. The van der Waals surface area contributed by atoms with Crippen molar-refractivity contribution in [2.24, 2.45) is 0 Å². The Morgan fingerprint density at radius 1 is 1.23 bits per heavy atom. The number of halogens is 3. The first-order chi connectivity index (χ1) is 14.7. The van der Waals surface area contributed by atoms with E-state index in [0.717, 1.165) is 23.9 Å². The average molecular weight is 467 g/mol. The maximum atomic E-state index is 12.8. The van der Waals surface area contributed by atoms with E-state index in [0.29, 0.717) is 20.5 Å². The standard InChI is InChI=1S/C21H17F3N2O3S2/c1-29-16-8-3-2-5-13(16)11-17-19(28)26(20(30)31-17)10-9-18(27)25-15-7-4-6-14(12-15)21(22,23)24/h2-8,11-12H,9-10H2,1H3,(H,25,27)/b17-11-. The first kappa shape index (κ1) is 22.8. The zero-order valence-electron chi connectivity index (χ0n) is 16.2. The van der Waals surface area contributed by atoms with Crippen molar-refractivity contribution in [3.63, 3.8) is 0 Å². The molecular weight excluding hydrogens is 449 g/mol. The number of rotatable bonds is 6. The summed E-state index contributed by atoms with van der Waals surface area (Å²) in [5.41, 5.74) is -0.113. The van der Waals surface area contributed by atoms with Crippen LogP contribution in [0.4, 0.5) is 18.9 Å². The molecule has 2 aromatic rings. The van der Waals surface area contributed by atoms with Crippen molar-refractivity contribution >= 4 is 51.9 Å². The molecule has 1 fully saturated rings. The summed E-state index contributed by atoms with van der Waals surface area (Å²) < 4.78 is 44.0. The van der Waals surface area contributed by atoms with Crippen LogP contribution in [0.25, 0.3) is 6.08 Å². The summed E-state index contributed by atoms with van der Waals surface area (Å²) >= 11 is 6.36. The molecule has 0 atom stereocenters. The van der Waals surface area contributed by atoms with Gasteiger partial charge in [-0.05, 0) is 30.3 Å². The number of alkyl halides is 3. The first-order valence-corrected chi connectivity index (χ1v) is 10.3. The van der Waals surface area contributed by atoms with E-state index in [1.165, 1.54) is 24.1 Å². The fourth-order valence-corrected chi connectivity index (χ4v) is 4.13. The predicted molar refractivity (Wildman–Crippen MR) is 118 cm³/mol. The van der Waals surface area contributed by atoms with Crippen LogP contribution in [-0.2, 0) is 15.8 Å². The van der Waals surface area contributed by atoms with E-state index in [2.05, 4.69) is 5.32 Å². The lowest BCUT2D eigenvalue weighted by molar-refractivity contribution is -0.137. The number of thioether (sulfide) groups is 1. The second kappa shape index (κ2) is 9.52. The maximum Gasteiger partial charge on any atom is 0.416 e. The van der Waals surface area contributed by atoms with E-state index in [4.69, 9.17) is 17.0 Å². The number of carbonyl (C=O) groups excluding carboxylic acids is 2. The van der Waals surface area contributed by atoms with E-state index in [9.17, 15) is 22.8 Å². The summed E-state index contributed by atoms with van der Waals surface area (Å²) in [6, 6.07) is 11.5. The second-order valence-electron chi connectivity index (χ2n) is 6.45. The van der Waals surface area contributed by atoms with E-state index in [-0.39, 0.29) is 24.6 Å². The lowest BCUT2D eigenvalue weighted by Gasteiger charge is -2.14. The Morgan fingerprint density at radius 3 is 2.68 bits per heavy atom. The SMILES string of the molecule is COc1ccccc1/C=C1\SC(=S)N(CCC(=O)Nc2cccc(C(F)(F)F)c2)C1=O. The Morgan fingerprint density at radius 2 is 1.97 bits per heavy atom. The zero-order valence-corrected chi connectivity index (χ0v) is 17.9. The van der Waals surface area contributed by atoms with E-state index >= 15 is 0 Å². The van der Waals surface area contributed by atoms with Crippen LogP contribution in [0, 0.1) is 0 Å². The number of benzene rings is 2. The molecule has 0 aromatic heterocycles. The fourth-order valence-electron chi connectivity index (χ4n) is 2.83. The van der Waals surface area contributed by atoms with Gasteiger partial charge < -0.3 is 10.1 Å². The number of hydrogen-bond acceptors (Lipinski definition) is 5. The highest BCUT2D eigenvalue weighted by atomic mass is 32.2. The molecule has 0 aliphatic carbocycles. The Kier molecular flexibility index (Phi) is 7.01. The Hall–Kier alpha value is -2.85. The molecule has 1 N–H and O–H groups in total. The van der Waals surface area contributed by atoms with Crippen LogP contribution in [0.1, 0.15) is 17.5 Å². The van der Waals surface area contributed by atoms with Crippen molar-refractivity contribution in [1.29, 1.82) is 0 Å². The van der Waals surface area contributed by atoms with Gasteiger partial charge in [0.15, 0.2) is 0 Å². The quantitative estimate of drug-likeness (QED) is 0.483. The van der Waals surface area contributed by atoms with Gasteiger partial charge in [-0.3, -0.25) is 14.5 Å². The van der Waals surface area contributed by atoms with Gasteiger partial charge in [-0.15, -0.1) is 0 Å². The van der Waals surface area contributed by atoms with Crippen LogP contribution in [0.3, 0.4) is 0 Å². The molecule has 2 aromatic carbocycles. The summed E-state index contributed by atoms with van der Waals surface area (Å²) in [6.07, 6.45) is -2.96. The van der Waals surface area contributed by atoms with Gasteiger partial charge in [-0.1, -0.05) is 48.2 Å². The number of methoxy groups -OCH3 is 1. The molecule has 1 heterocycles. The highest BCUT2D eigenvalue weighted by Crippen LogP contribution is 2.34. The molecule has 0 bridgehead atoms. The third kappa shape index (κ3) is 5.65. The van der Waals surface area contributed by atoms with E-state index < -0.39 is 17.6 Å². The number of anilines is 1. The van der Waals surface area contributed by atoms with Crippen molar-refractivity contribution < 1.29 is 27.5 Å². The monoisotopic (exact) mass is 466 g/mol. The summed E-state index contributed by atoms with van der Waals surface area (Å²) in [6.45, 7) is 0.0126. The number of carbonyl (C=O) groups is 2. The summed E-state index contributed by atoms with van der Waals surface area (Å²) in [7, 11) is 1.53. The van der Waals surface area contributed by atoms with Crippen molar-refractivity contribution in [3.05, 3.63) is 64.6 Å². The van der Waals surface area contributed by atoms with Gasteiger partial charge in [-0.2, -0.15) is 13.2 Å². The van der Waals surface area contributed by atoms with E-state index in [1.54, 1.807) is 18.2 Å². The second-order valence-corrected chi connectivity index (χ2v) is 8.13. The Balaban J connectivity index is 1.63. The van der Waals surface area contributed by atoms with Crippen LogP contribution in [0.2, 0.25) is 0 Å². The van der Waals surface area contributed by atoms with Gasteiger partial charge in [0.1, 0.15) is 10.1 Å². The van der Waals surface area contributed by atoms with Gasteiger partial charge in [0.05, 0.1) is 17.6 Å². The van der Waals surface area contributed by atoms with Gasteiger partial charge in [-0.25, -0.2) is 0 Å². The van der Waals surface area contributed by atoms with Crippen molar-refractivity contribution in [2.45, 2.75) is 12.6 Å². The maximum absolute atomic E-state index is 12.8. The van der Waals surface area contributed by atoms with Gasteiger partial charge in [0, 0.05) is 24.2 Å². The molecule has 1 aliphatic heterocycles. The molecule has 10 heteroatoms. The molecule has 3 rings (SSSR count). The minimum atomic E-state index is -4.50. The smallest absolute Gasteiger partial charge is 0.416 e. The zero-order chi connectivity index (χ0) is 22.6. The molecule has 1 aliphatic rings. The molecule has 1 saturated heterocycles. The number of nitrogens with zero attached hydrogens (tertiary/aromatic N) is 1. The molecule has 0 spiro atoms. The summed E-state index contributed by atoms with van der Waals surface area (Å²) in [5.74, 6) is -0.261. The summed E-state index contributed by atoms with van der Waals surface area (Å²) in [4.78, 5) is 26.6. The lowest BCUT2D eigenvalue weighted by Crippen LogP contribution is -2.31. The van der Waals surface area contributed by atoms with Crippen LogP contribution < -0.4 is 10.1 Å². The normalized spacial score (nSPS) is 15.5. The number of amides is 2. The molecule has 2 amide bonds. The highest BCUT2D eigenvalue weighted by molar-refractivity contribution is 8.26. The van der Waals surface area contributed by atoms with E-state index in [1.807, 2.05) is 12.1 Å². The Bertz CT molecular complexity index is 1050. The number of nitrogens with one attached hydrogen (secondary N) is 1. The topological polar surface area (TPSA) is 58.6 Å². The van der Waals surface area contributed by atoms with Crippen molar-refractivity contribution in [1.82, 2.24) is 4.90 Å². The molecular formula is C21H17F3N2O3S2. The number of thiocarbonyl (C=S) groups is 1. The van der Waals surface area contributed by atoms with Crippen molar-refractivity contribution in [2.75, 3.05) is 19.0 Å². The van der Waals surface area contributed by atoms with Crippen LogP contribution in [0.15, 0.2) is 53.4 Å². The van der Waals surface area contributed by atoms with Gasteiger partial charge in [0.2, 0.25) is 5.91 Å². The van der Waals surface area contributed by atoms with Crippen LogP contribution >= 0.6 is 24.0 Å². The molecule has 0 saturated carbocycles. The van der Waals surface area contributed by atoms with Gasteiger partial charge in [0.25, 0.3) is 5.91 Å². The largest absolute Gasteiger partial charge is 0.496 e. The first-order valence-electron chi connectivity index (χ1n) is 9.04. The number of hydrogen-bond donors (Lipinski definition) is 1. The number of para-hydroxylation sites is 1.